The Morgan fingerprint density at radius 3 is 1.77 bits per heavy atom. The highest BCUT2D eigenvalue weighted by Gasteiger charge is 2.23. The summed E-state index contributed by atoms with van der Waals surface area (Å²) in [6.07, 6.45) is 0.501. The fourth-order valence-corrected chi connectivity index (χ4v) is 1.31. The van der Waals surface area contributed by atoms with E-state index in [4.69, 9.17) is 4.74 Å². The molecule has 0 amide bonds. The zero-order valence-corrected chi connectivity index (χ0v) is 9.78. The summed E-state index contributed by atoms with van der Waals surface area (Å²) < 4.78 is 18.2. The maximum absolute atomic E-state index is 12.6. The minimum Gasteiger partial charge on any atom is -0.370 e. The second-order valence-electron chi connectivity index (χ2n) is 5.77. The van der Waals surface area contributed by atoms with Crippen molar-refractivity contribution in [2.75, 3.05) is 6.67 Å². The van der Waals surface area contributed by atoms with Gasteiger partial charge in [-0.15, -0.1) is 0 Å². The van der Waals surface area contributed by atoms with E-state index in [2.05, 4.69) is 20.8 Å². The molecule has 0 bridgehead atoms. The van der Waals surface area contributed by atoms with Crippen LogP contribution >= 0.6 is 0 Å². The van der Waals surface area contributed by atoms with Gasteiger partial charge < -0.3 is 4.74 Å². The van der Waals surface area contributed by atoms with Crippen molar-refractivity contribution in [3.63, 3.8) is 0 Å². The summed E-state index contributed by atoms with van der Waals surface area (Å²) in [6, 6.07) is 0. The van der Waals surface area contributed by atoms with Crippen molar-refractivity contribution < 1.29 is 9.13 Å². The highest BCUT2D eigenvalue weighted by Crippen LogP contribution is 2.25. The average molecular weight is 190 g/mol. The summed E-state index contributed by atoms with van der Waals surface area (Å²) in [5.74, 6) is 0. The molecule has 1 atom stereocenters. The van der Waals surface area contributed by atoms with Gasteiger partial charge in [0.05, 0.1) is 11.7 Å². The third kappa shape index (κ3) is 8.23. The van der Waals surface area contributed by atoms with Crippen LogP contribution in [0.3, 0.4) is 0 Å². The van der Waals surface area contributed by atoms with Crippen LogP contribution in [0.15, 0.2) is 0 Å². The van der Waals surface area contributed by atoms with Crippen molar-refractivity contribution in [2.24, 2.45) is 5.41 Å². The summed E-state index contributed by atoms with van der Waals surface area (Å²) in [5, 5.41) is 0. The van der Waals surface area contributed by atoms with E-state index in [1.54, 1.807) is 0 Å². The molecule has 0 aliphatic heterocycles. The number of ether oxygens (including phenoxy) is 1. The molecule has 0 radical (unpaired) electrons. The molecule has 0 spiro atoms. The molecule has 0 aromatic carbocycles. The molecule has 80 valence electrons. The van der Waals surface area contributed by atoms with Gasteiger partial charge in [0.15, 0.2) is 0 Å². The van der Waals surface area contributed by atoms with Crippen LogP contribution < -0.4 is 0 Å². The number of hydrogen-bond donors (Lipinski definition) is 0. The summed E-state index contributed by atoms with van der Waals surface area (Å²) in [5.41, 5.74) is -0.121. The summed E-state index contributed by atoms with van der Waals surface area (Å²) in [6.45, 7) is 11.8. The molecule has 0 aromatic rings. The average Bonchev–Trinajstić information content (AvgIpc) is 1.79. The van der Waals surface area contributed by atoms with Crippen molar-refractivity contribution in [2.45, 2.75) is 59.7 Å². The number of rotatable bonds is 3. The number of hydrogen-bond acceptors (Lipinski definition) is 1. The van der Waals surface area contributed by atoms with Gasteiger partial charge in [0, 0.05) is 0 Å². The Hall–Kier alpha value is -0.110. The topological polar surface area (TPSA) is 9.23 Å². The van der Waals surface area contributed by atoms with Crippen LogP contribution in [0.5, 0.6) is 0 Å². The van der Waals surface area contributed by atoms with Gasteiger partial charge in [-0.3, -0.25) is 0 Å². The summed E-state index contributed by atoms with van der Waals surface area (Å²) in [4.78, 5) is 0. The molecular formula is C11H23FO. The van der Waals surface area contributed by atoms with Gasteiger partial charge in [0.25, 0.3) is 0 Å². The van der Waals surface area contributed by atoms with Crippen LogP contribution in [0.25, 0.3) is 0 Å². The van der Waals surface area contributed by atoms with Crippen LogP contribution in [-0.2, 0) is 4.74 Å². The predicted octanol–water partition coefficient (Wildman–Crippen LogP) is 3.58. The largest absolute Gasteiger partial charge is 0.370 e. The monoisotopic (exact) mass is 190 g/mol. The van der Waals surface area contributed by atoms with Gasteiger partial charge in [0.2, 0.25) is 0 Å². The lowest BCUT2D eigenvalue weighted by atomic mass is 9.89. The van der Waals surface area contributed by atoms with Gasteiger partial charge in [-0.05, 0) is 32.6 Å². The van der Waals surface area contributed by atoms with Crippen molar-refractivity contribution in [1.82, 2.24) is 0 Å². The van der Waals surface area contributed by atoms with Gasteiger partial charge in [0.1, 0.15) is 6.67 Å². The molecule has 0 aliphatic carbocycles. The smallest absolute Gasteiger partial charge is 0.116 e. The number of alkyl halides is 1. The maximum Gasteiger partial charge on any atom is 0.116 e. The molecule has 13 heavy (non-hydrogen) atoms. The molecule has 2 heteroatoms. The van der Waals surface area contributed by atoms with E-state index in [0.717, 1.165) is 6.42 Å². The standard InChI is InChI=1S/C11H23FO/c1-10(2,3)7-9(8-12)13-11(4,5)6/h9H,7-8H2,1-6H3. The normalized spacial score (nSPS) is 15.9. The Morgan fingerprint density at radius 1 is 1.08 bits per heavy atom. The molecule has 0 aliphatic rings. The van der Waals surface area contributed by atoms with Crippen molar-refractivity contribution in [3.8, 4) is 0 Å². The van der Waals surface area contributed by atoms with E-state index in [1.807, 2.05) is 20.8 Å². The molecule has 1 unspecified atom stereocenters. The van der Waals surface area contributed by atoms with E-state index < -0.39 is 6.67 Å². The Labute approximate surface area is 81.7 Å². The van der Waals surface area contributed by atoms with E-state index in [-0.39, 0.29) is 17.1 Å². The zero-order chi connectivity index (χ0) is 10.7. The van der Waals surface area contributed by atoms with Gasteiger partial charge in [-0.25, -0.2) is 4.39 Å². The minimum absolute atomic E-state index is 0.127. The third-order valence-corrected chi connectivity index (χ3v) is 1.53. The van der Waals surface area contributed by atoms with Crippen molar-refractivity contribution in [1.29, 1.82) is 0 Å². The summed E-state index contributed by atoms with van der Waals surface area (Å²) in [7, 11) is 0. The van der Waals surface area contributed by atoms with Crippen LogP contribution in [-0.4, -0.2) is 18.4 Å². The van der Waals surface area contributed by atoms with Gasteiger partial charge in [-0.2, -0.15) is 0 Å². The van der Waals surface area contributed by atoms with E-state index in [9.17, 15) is 4.39 Å². The molecule has 0 N–H and O–H groups in total. The van der Waals surface area contributed by atoms with Crippen LogP contribution in [0.2, 0.25) is 0 Å². The molecular weight excluding hydrogens is 167 g/mol. The lowest BCUT2D eigenvalue weighted by Crippen LogP contribution is -2.31. The highest BCUT2D eigenvalue weighted by atomic mass is 19.1. The Kier molecular flexibility index (Phi) is 4.37. The molecule has 0 rings (SSSR count). The lowest BCUT2D eigenvalue weighted by molar-refractivity contribution is -0.0821. The van der Waals surface area contributed by atoms with Crippen molar-refractivity contribution >= 4 is 0 Å². The van der Waals surface area contributed by atoms with E-state index in [0.29, 0.717) is 0 Å². The maximum atomic E-state index is 12.6. The minimum atomic E-state index is -0.394. The Bertz CT molecular complexity index is 125. The molecule has 0 saturated carbocycles. The first kappa shape index (κ1) is 12.9. The van der Waals surface area contributed by atoms with Crippen LogP contribution in [0, 0.1) is 5.41 Å². The fraction of sp³-hybridized carbons (Fsp3) is 1.00. The molecule has 0 heterocycles. The van der Waals surface area contributed by atoms with Gasteiger partial charge >= 0.3 is 0 Å². The SMILES string of the molecule is CC(C)(C)CC(CF)OC(C)(C)C. The first-order valence-electron chi connectivity index (χ1n) is 4.88. The fourth-order valence-electron chi connectivity index (χ4n) is 1.31. The van der Waals surface area contributed by atoms with Crippen molar-refractivity contribution in [3.05, 3.63) is 0 Å². The first-order chi connectivity index (χ1) is 5.64. The second kappa shape index (κ2) is 4.41. The zero-order valence-electron chi connectivity index (χ0n) is 9.78. The van der Waals surface area contributed by atoms with E-state index >= 15 is 0 Å². The summed E-state index contributed by atoms with van der Waals surface area (Å²) >= 11 is 0. The lowest BCUT2D eigenvalue weighted by Gasteiger charge is -2.30. The van der Waals surface area contributed by atoms with Crippen LogP contribution in [0.1, 0.15) is 48.0 Å². The highest BCUT2D eigenvalue weighted by molar-refractivity contribution is 4.72. The number of halogens is 1. The Balaban J connectivity index is 4.05. The molecule has 0 fully saturated rings. The quantitative estimate of drug-likeness (QED) is 0.661. The first-order valence-corrected chi connectivity index (χ1v) is 4.88. The molecule has 1 nitrogen and oxygen atoms in total. The molecule has 0 aromatic heterocycles. The van der Waals surface area contributed by atoms with E-state index in [1.165, 1.54) is 0 Å². The van der Waals surface area contributed by atoms with Gasteiger partial charge in [-0.1, -0.05) is 20.8 Å². The second-order valence-corrected chi connectivity index (χ2v) is 5.77. The third-order valence-electron chi connectivity index (χ3n) is 1.53. The molecule has 0 saturated heterocycles. The van der Waals surface area contributed by atoms with Crippen LogP contribution in [0.4, 0.5) is 4.39 Å². The Morgan fingerprint density at radius 2 is 1.54 bits per heavy atom. The predicted molar refractivity (Wildman–Crippen MR) is 54.7 cm³/mol.